The number of allylic oxidation sites excluding steroid dienone is 4. The van der Waals surface area contributed by atoms with Gasteiger partial charge in [-0.3, -0.25) is 0 Å². The van der Waals surface area contributed by atoms with Crippen LogP contribution in [0.25, 0.3) is 11.1 Å². The molecular weight excluding hydrogens is 538 g/mol. The molecule has 2 aromatic carbocycles. The third kappa shape index (κ3) is 2.80. The summed E-state index contributed by atoms with van der Waals surface area (Å²) in [6.07, 6.45) is 0. The molecule has 0 nitrogen and oxygen atoms in total. The summed E-state index contributed by atoms with van der Waals surface area (Å²) in [5.41, 5.74) is 11.2. The van der Waals surface area contributed by atoms with Crippen molar-refractivity contribution >= 4 is 0 Å². The molecule has 1 unspecified atom stereocenters. The number of rotatable bonds is 2. The number of hydrogen-bond donors (Lipinski definition) is 0. The van der Waals surface area contributed by atoms with Gasteiger partial charge in [0.2, 0.25) is 0 Å². The van der Waals surface area contributed by atoms with E-state index in [1.54, 1.807) is 36.2 Å². The number of benzene rings is 2. The zero-order valence-corrected chi connectivity index (χ0v) is 21.5. The summed E-state index contributed by atoms with van der Waals surface area (Å²) in [6.45, 7) is 9.63. The van der Waals surface area contributed by atoms with Crippen LogP contribution in [0, 0.1) is 5.92 Å². The zero-order chi connectivity index (χ0) is 17.3. The average Bonchev–Trinajstić information content (AvgIpc) is 3.30. The van der Waals surface area contributed by atoms with Crippen LogP contribution in [0.3, 0.4) is 0 Å². The molecule has 0 bridgehead atoms. The molecule has 1 atom stereocenters. The van der Waals surface area contributed by atoms with Crippen LogP contribution in [-0.2, 0) is 20.0 Å². The molecule has 3 aliphatic rings. The Morgan fingerprint density at radius 1 is 0.741 bits per heavy atom. The molecule has 0 radical (unpaired) electrons. The van der Waals surface area contributed by atoms with Gasteiger partial charge in [0, 0.05) is 0 Å². The van der Waals surface area contributed by atoms with E-state index in [0.717, 1.165) is 3.67 Å². The summed E-state index contributed by atoms with van der Waals surface area (Å²) >= 11 is -2.54. The van der Waals surface area contributed by atoms with Crippen LogP contribution in [0.15, 0.2) is 68.6 Å². The van der Waals surface area contributed by atoms with Gasteiger partial charge in [0.1, 0.15) is 0 Å². The maximum absolute atomic E-state index is 2.54. The second-order valence-electron chi connectivity index (χ2n) is 8.33. The van der Waals surface area contributed by atoms with E-state index in [1.807, 2.05) is 3.33 Å². The molecule has 0 saturated carbocycles. The monoisotopic (exact) mass is 564 g/mol. The topological polar surface area (TPSA) is 0 Å². The molecule has 27 heavy (non-hydrogen) atoms. The second kappa shape index (κ2) is 7.32. The van der Waals surface area contributed by atoms with Crippen LogP contribution in [-0.4, -0.2) is 0 Å². The molecule has 3 heteroatoms. The maximum atomic E-state index is 2.48. The van der Waals surface area contributed by atoms with E-state index in [1.165, 1.54) is 11.1 Å². The summed E-state index contributed by atoms with van der Waals surface area (Å²) in [5, 5.41) is 0. The van der Waals surface area contributed by atoms with Crippen molar-refractivity contribution in [3.05, 3.63) is 79.7 Å². The van der Waals surface area contributed by atoms with Gasteiger partial charge in [-0.25, -0.2) is 0 Å². The fourth-order valence-electron chi connectivity index (χ4n) is 5.77. The molecule has 0 N–H and O–H groups in total. The maximum Gasteiger partial charge on any atom is -1.00 e. The van der Waals surface area contributed by atoms with E-state index in [9.17, 15) is 0 Å². The third-order valence-corrected chi connectivity index (χ3v) is 26.0. The number of hydrogen-bond acceptors (Lipinski definition) is 0. The van der Waals surface area contributed by atoms with E-state index in [2.05, 4.69) is 76.2 Å². The van der Waals surface area contributed by atoms with Crippen LogP contribution < -0.4 is 24.8 Å². The Morgan fingerprint density at radius 2 is 1.22 bits per heavy atom. The molecule has 0 spiro atoms. The van der Waals surface area contributed by atoms with E-state index >= 15 is 0 Å². The molecule has 1 aliphatic heterocycles. The van der Waals surface area contributed by atoms with Gasteiger partial charge in [0.25, 0.3) is 0 Å². The molecule has 1 heterocycles. The Labute approximate surface area is 180 Å². The summed E-state index contributed by atoms with van der Waals surface area (Å²) in [6, 6.07) is 18.5. The first-order valence-corrected chi connectivity index (χ1v) is 18.6. The van der Waals surface area contributed by atoms with Gasteiger partial charge in [0.05, 0.1) is 0 Å². The van der Waals surface area contributed by atoms with E-state index in [-0.39, 0.29) is 24.8 Å². The van der Waals surface area contributed by atoms with Crippen molar-refractivity contribution in [3.8, 4) is 11.1 Å². The third-order valence-electron chi connectivity index (χ3n) is 7.35. The smallest absolute Gasteiger partial charge is 1.00 e. The Bertz CT molecular complexity index is 920. The fourth-order valence-corrected chi connectivity index (χ4v) is 33.1. The van der Waals surface area contributed by atoms with Crippen LogP contribution >= 0.6 is 0 Å². The summed E-state index contributed by atoms with van der Waals surface area (Å²) < 4.78 is 5.82. The van der Waals surface area contributed by atoms with E-state index in [4.69, 9.17) is 0 Å². The molecule has 140 valence electrons. The first kappa shape index (κ1) is 21.1. The average molecular weight is 564 g/mol. The summed E-state index contributed by atoms with van der Waals surface area (Å²) in [7, 11) is 0. The minimum absolute atomic E-state index is 0. The van der Waals surface area contributed by atoms with Gasteiger partial charge in [-0.15, -0.1) is 0 Å². The van der Waals surface area contributed by atoms with Gasteiger partial charge >= 0.3 is 156 Å². The summed E-state index contributed by atoms with van der Waals surface area (Å²) in [4.78, 5) is 0. The first-order chi connectivity index (χ1) is 12.1. The Kier molecular flexibility index (Phi) is 5.72. The van der Waals surface area contributed by atoms with Crippen molar-refractivity contribution in [2.75, 3.05) is 0 Å². The van der Waals surface area contributed by atoms with E-state index in [0.29, 0.717) is 5.92 Å². The van der Waals surface area contributed by atoms with Gasteiger partial charge in [-0.2, -0.15) is 0 Å². The molecule has 0 aromatic heterocycles. The first-order valence-electron chi connectivity index (χ1n) is 9.63. The number of fused-ring (bicyclic) bond motifs is 3. The van der Waals surface area contributed by atoms with Crippen molar-refractivity contribution in [1.82, 2.24) is 0 Å². The van der Waals surface area contributed by atoms with Crippen LogP contribution in [0.4, 0.5) is 0 Å². The molecule has 1 saturated heterocycles. The van der Waals surface area contributed by atoms with Gasteiger partial charge in [-0.1, -0.05) is 0 Å². The predicted molar refractivity (Wildman–Crippen MR) is 104 cm³/mol. The molecule has 2 aliphatic carbocycles. The Morgan fingerprint density at radius 3 is 1.63 bits per heavy atom. The van der Waals surface area contributed by atoms with Crippen molar-refractivity contribution < 1.29 is 44.8 Å². The molecule has 5 rings (SSSR count). The van der Waals surface area contributed by atoms with Crippen LogP contribution in [0.5, 0.6) is 0 Å². The largest absolute Gasteiger partial charge is 1.00 e. The fraction of sp³-hybridized carbons (Fsp3) is 0.333. The van der Waals surface area contributed by atoms with Crippen molar-refractivity contribution in [2.45, 2.75) is 39.7 Å². The van der Waals surface area contributed by atoms with Gasteiger partial charge < -0.3 is 24.8 Å². The van der Waals surface area contributed by atoms with Gasteiger partial charge in [0.15, 0.2) is 0 Å². The minimum Gasteiger partial charge on any atom is -1.00 e. The summed E-state index contributed by atoms with van der Waals surface area (Å²) in [5.74, 6) is 0.698. The van der Waals surface area contributed by atoms with Crippen LogP contribution in [0.1, 0.15) is 42.5 Å². The molecule has 0 amide bonds. The zero-order valence-electron chi connectivity index (χ0n) is 16.4. The normalized spacial score (nSPS) is 21.0. The number of halogens is 2. The molecular formula is C24H26Cl2Hf. The molecule has 1 fully saturated rings. The predicted octanol–water partition coefficient (Wildman–Crippen LogP) is 1.03. The van der Waals surface area contributed by atoms with Crippen LogP contribution in [0.2, 0.25) is 8.35 Å². The van der Waals surface area contributed by atoms with Crippen molar-refractivity contribution in [2.24, 2.45) is 5.92 Å². The Hall–Kier alpha value is -0.630. The molecule has 2 aromatic rings. The Balaban J connectivity index is 0.00000105. The quantitative estimate of drug-likeness (QED) is 0.479. The standard InChI is InChI=1S/C13H9.C9H13.C2H4.2ClH.Hf/c1-3-7-12-10(5-1)9-11-6-2-4-8-13(11)12;1-6-5-7(2)9(4)8(6)3;1-2;;;/h1-9H;6H,1-4H3;1-2H2;2*1H;/q;;;;;+2/p-2. The van der Waals surface area contributed by atoms with E-state index < -0.39 is 20.0 Å². The van der Waals surface area contributed by atoms with Crippen molar-refractivity contribution in [1.29, 1.82) is 0 Å². The second-order valence-corrected chi connectivity index (χ2v) is 24.2. The van der Waals surface area contributed by atoms with Crippen molar-refractivity contribution in [3.63, 3.8) is 0 Å². The minimum atomic E-state index is -2.54. The SMILES string of the molecule is CC1=C(C)C(C)[C]([Hf+2]2([CH]3c4ccccc4-c4ccccc43)[CH2][CH2]2)=C1C.[Cl-].[Cl-]. The van der Waals surface area contributed by atoms with Gasteiger partial charge in [-0.05, 0) is 0 Å².